The molecule has 1 saturated heterocycles. The van der Waals surface area contributed by atoms with Gasteiger partial charge in [-0.25, -0.2) is 9.78 Å². The van der Waals surface area contributed by atoms with E-state index in [2.05, 4.69) is 15.3 Å². The van der Waals surface area contributed by atoms with Crippen LogP contribution in [-0.2, 0) is 0 Å². The second kappa shape index (κ2) is 5.00. The normalized spacial score (nSPS) is 17.8. The summed E-state index contributed by atoms with van der Waals surface area (Å²) in [6.45, 7) is 7.60. The average Bonchev–Trinajstić information content (AvgIpc) is 2.80. The van der Waals surface area contributed by atoms with Gasteiger partial charge in [0, 0.05) is 36.9 Å². The van der Waals surface area contributed by atoms with Crippen LogP contribution in [0.5, 0.6) is 0 Å². The zero-order chi connectivity index (χ0) is 13.2. The Kier molecular flexibility index (Phi) is 3.59. The van der Waals surface area contributed by atoms with E-state index >= 15 is 0 Å². The number of carbonyl (C=O) groups is 1. The Labute approximate surface area is 108 Å². The number of likely N-dealkylation sites (tertiary alicyclic amines) is 1. The highest BCUT2D eigenvalue weighted by atomic mass is 16.2. The predicted octanol–water partition coefficient (Wildman–Crippen LogP) is 2.10. The van der Waals surface area contributed by atoms with Gasteiger partial charge in [0.25, 0.3) is 0 Å². The summed E-state index contributed by atoms with van der Waals surface area (Å²) >= 11 is 0. The van der Waals surface area contributed by atoms with E-state index in [-0.39, 0.29) is 11.6 Å². The van der Waals surface area contributed by atoms with Gasteiger partial charge in [0.1, 0.15) is 5.82 Å². The number of hydrogen-bond acceptors (Lipinski definition) is 2. The van der Waals surface area contributed by atoms with Gasteiger partial charge in [0.05, 0.1) is 0 Å². The van der Waals surface area contributed by atoms with Crippen LogP contribution in [0, 0.1) is 0 Å². The van der Waals surface area contributed by atoms with Crippen molar-refractivity contribution in [2.24, 2.45) is 0 Å². The molecule has 5 nitrogen and oxygen atoms in total. The molecule has 0 spiro atoms. The van der Waals surface area contributed by atoms with E-state index < -0.39 is 0 Å². The summed E-state index contributed by atoms with van der Waals surface area (Å²) in [4.78, 5) is 21.3. The first-order valence-electron chi connectivity index (χ1n) is 6.52. The lowest BCUT2D eigenvalue weighted by molar-refractivity contribution is 0.172. The van der Waals surface area contributed by atoms with E-state index in [1.807, 2.05) is 31.9 Å². The molecule has 0 radical (unpaired) electrons. The molecule has 0 aromatic carbocycles. The molecule has 0 atom stereocenters. The van der Waals surface area contributed by atoms with Crippen molar-refractivity contribution >= 4 is 6.03 Å². The predicted molar refractivity (Wildman–Crippen MR) is 70.4 cm³/mol. The van der Waals surface area contributed by atoms with Crippen LogP contribution in [0.15, 0.2) is 12.4 Å². The van der Waals surface area contributed by atoms with Gasteiger partial charge in [-0.3, -0.25) is 0 Å². The first-order chi connectivity index (χ1) is 8.46. The fourth-order valence-corrected chi connectivity index (χ4v) is 2.26. The molecule has 0 aliphatic carbocycles. The number of nitrogens with one attached hydrogen (secondary N) is 2. The van der Waals surface area contributed by atoms with Crippen molar-refractivity contribution < 1.29 is 4.79 Å². The molecular weight excluding hydrogens is 228 g/mol. The Hall–Kier alpha value is -1.52. The van der Waals surface area contributed by atoms with Gasteiger partial charge in [0.2, 0.25) is 0 Å². The van der Waals surface area contributed by atoms with E-state index in [1.54, 1.807) is 6.20 Å². The van der Waals surface area contributed by atoms with Crippen LogP contribution < -0.4 is 5.32 Å². The molecular formula is C13H22N4O. The summed E-state index contributed by atoms with van der Waals surface area (Å²) in [5.41, 5.74) is -0.172. The number of imidazole rings is 1. The van der Waals surface area contributed by atoms with Gasteiger partial charge < -0.3 is 15.2 Å². The fraction of sp³-hybridized carbons (Fsp3) is 0.692. The minimum absolute atomic E-state index is 0.0420. The highest BCUT2D eigenvalue weighted by Gasteiger charge is 2.26. The van der Waals surface area contributed by atoms with Crippen molar-refractivity contribution in [3.05, 3.63) is 18.2 Å². The largest absolute Gasteiger partial charge is 0.348 e. The van der Waals surface area contributed by atoms with Crippen LogP contribution in [-0.4, -0.2) is 39.5 Å². The van der Waals surface area contributed by atoms with Crippen LogP contribution in [0.3, 0.4) is 0 Å². The average molecular weight is 250 g/mol. The molecule has 1 aliphatic heterocycles. The van der Waals surface area contributed by atoms with Crippen molar-refractivity contribution in [1.29, 1.82) is 0 Å². The van der Waals surface area contributed by atoms with E-state index in [4.69, 9.17) is 0 Å². The third-order valence-electron chi connectivity index (χ3n) is 3.17. The van der Waals surface area contributed by atoms with Gasteiger partial charge in [0.15, 0.2) is 0 Å². The Morgan fingerprint density at radius 3 is 2.61 bits per heavy atom. The molecule has 18 heavy (non-hydrogen) atoms. The highest BCUT2D eigenvalue weighted by molar-refractivity contribution is 5.75. The topological polar surface area (TPSA) is 61.0 Å². The van der Waals surface area contributed by atoms with Crippen LogP contribution in [0.1, 0.15) is 45.4 Å². The third kappa shape index (κ3) is 3.24. The summed E-state index contributed by atoms with van der Waals surface area (Å²) in [5, 5.41) is 3.00. The van der Waals surface area contributed by atoms with Crippen molar-refractivity contribution in [3.63, 3.8) is 0 Å². The molecule has 0 unspecified atom stereocenters. The second-order valence-electron chi connectivity index (χ2n) is 5.92. The van der Waals surface area contributed by atoms with Gasteiger partial charge >= 0.3 is 6.03 Å². The molecule has 1 aromatic rings. The quantitative estimate of drug-likeness (QED) is 0.801. The standard InChI is InChI=1S/C13H22N4O/c1-13(2,3)16-12(18)17-8-4-10(5-9-17)11-14-6-7-15-11/h6-7,10H,4-5,8-9H2,1-3H3,(H,14,15)(H,16,18). The first kappa shape index (κ1) is 12.9. The number of amides is 2. The van der Waals surface area contributed by atoms with Crippen LogP contribution in [0.4, 0.5) is 4.79 Å². The second-order valence-corrected chi connectivity index (χ2v) is 5.92. The van der Waals surface area contributed by atoms with Gasteiger partial charge in [-0.1, -0.05) is 0 Å². The van der Waals surface area contributed by atoms with Crippen molar-refractivity contribution in [1.82, 2.24) is 20.2 Å². The number of piperidine rings is 1. The Morgan fingerprint density at radius 2 is 2.11 bits per heavy atom. The summed E-state index contributed by atoms with van der Waals surface area (Å²) in [6, 6.07) is 0.0420. The number of hydrogen-bond donors (Lipinski definition) is 2. The molecule has 1 aliphatic rings. The fourth-order valence-electron chi connectivity index (χ4n) is 2.26. The maximum atomic E-state index is 12.0. The molecule has 2 rings (SSSR count). The number of aromatic amines is 1. The minimum Gasteiger partial charge on any atom is -0.348 e. The number of rotatable bonds is 1. The van der Waals surface area contributed by atoms with Gasteiger partial charge in [-0.15, -0.1) is 0 Å². The van der Waals surface area contributed by atoms with E-state index in [1.165, 1.54) is 0 Å². The first-order valence-corrected chi connectivity index (χ1v) is 6.52. The SMILES string of the molecule is CC(C)(C)NC(=O)N1CCC(c2ncc[nH]2)CC1. The number of nitrogens with zero attached hydrogens (tertiary/aromatic N) is 2. The Bertz CT molecular complexity index is 386. The van der Waals surface area contributed by atoms with E-state index in [0.717, 1.165) is 31.8 Å². The van der Waals surface area contributed by atoms with E-state index in [0.29, 0.717) is 5.92 Å². The molecule has 0 saturated carbocycles. The zero-order valence-corrected chi connectivity index (χ0v) is 11.4. The number of H-pyrrole nitrogens is 1. The summed E-state index contributed by atoms with van der Waals surface area (Å²) < 4.78 is 0. The summed E-state index contributed by atoms with van der Waals surface area (Å²) in [5.74, 6) is 1.50. The lowest BCUT2D eigenvalue weighted by Gasteiger charge is -2.33. The highest BCUT2D eigenvalue weighted by Crippen LogP contribution is 2.25. The van der Waals surface area contributed by atoms with Crippen LogP contribution in [0.25, 0.3) is 0 Å². The molecule has 5 heteroatoms. The smallest absolute Gasteiger partial charge is 0.317 e. The van der Waals surface area contributed by atoms with Crippen molar-refractivity contribution in [2.75, 3.05) is 13.1 Å². The lowest BCUT2D eigenvalue weighted by atomic mass is 9.96. The number of carbonyl (C=O) groups excluding carboxylic acids is 1. The molecule has 0 bridgehead atoms. The van der Waals surface area contributed by atoms with Gasteiger partial charge in [-0.05, 0) is 33.6 Å². The maximum absolute atomic E-state index is 12.0. The molecule has 1 aromatic heterocycles. The summed E-state index contributed by atoms with van der Waals surface area (Å²) in [6.07, 6.45) is 5.60. The van der Waals surface area contributed by atoms with Crippen LogP contribution >= 0.6 is 0 Å². The molecule has 100 valence electrons. The summed E-state index contributed by atoms with van der Waals surface area (Å²) in [7, 11) is 0. The third-order valence-corrected chi connectivity index (χ3v) is 3.17. The maximum Gasteiger partial charge on any atom is 0.317 e. The molecule has 2 heterocycles. The molecule has 2 amide bonds. The molecule has 2 N–H and O–H groups in total. The monoisotopic (exact) mass is 250 g/mol. The van der Waals surface area contributed by atoms with Crippen molar-refractivity contribution in [2.45, 2.75) is 45.1 Å². The van der Waals surface area contributed by atoms with Gasteiger partial charge in [-0.2, -0.15) is 0 Å². The minimum atomic E-state index is -0.172. The lowest BCUT2D eigenvalue weighted by Crippen LogP contribution is -2.50. The number of aromatic nitrogens is 2. The zero-order valence-electron chi connectivity index (χ0n) is 11.4. The Balaban J connectivity index is 1.85. The van der Waals surface area contributed by atoms with Crippen LogP contribution in [0.2, 0.25) is 0 Å². The number of urea groups is 1. The van der Waals surface area contributed by atoms with Crippen molar-refractivity contribution in [3.8, 4) is 0 Å². The van der Waals surface area contributed by atoms with E-state index in [9.17, 15) is 4.79 Å². The Morgan fingerprint density at radius 1 is 1.44 bits per heavy atom. The molecule has 1 fully saturated rings.